The fourth-order valence-electron chi connectivity index (χ4n) is 3.52. The Morgan fingerprint density at radius 2 is 2.14 bits per heavy atom. The van der Waals surface area contributed by atoms with E-state index in [0.717, 1.165) is 56.8 Å². The molecular formula is C17H26N2OS. The Labute approximate surface area is 131 Å². The molecule has 21 heavy (non-hydrogen) atoms. The minimum atomic E-state index is 0.164. The van der Waals surface area contributed by atoms with Crippen LogP contribution >= 0.6 is 11.3 Å². The Balaban J connectivity index is 1.62. The van der Waals surface area contributed by atoms with Crippen molar-refractivity contribution < 1.29 is 4.79 Å². The summed E-state index contributed by atoms with van der Waals surface area (Å²) in [6.07, 6.45) is 5.63. The lowest BCUT2D eigenvalue weighted by Crippen LogP contribution is -2.44. The lowest BCUT2D eigenvalue weighted by atomic mass is 9.88. The molecule has 1 saturated heterocycles. The van der Waals surface area contributed by atoms with Crippen molar-refractivity contribution in [3.05, 3.63) is 21.4 Å². The number of carbonyl (C=O) groups excluding carboxylic acids is 1. The molecule has 0 unspecified atom stereocenters. The summed E-state index contributed by atoms with van der Waals surface area (Å²) in [5.41, 5.74) is 2.29. The van der Waals surface area contributed by atoms with Crippen molar-refractivity contribution in [2.24, 2.45) is 5.92 Å². The molecule has 0 spiro atoms. The average Bonchev–Trinajstić information content (AvgIpc) is 2.91. The number of rotatable bonds is 3. The Kier molecular flexibility index (Phi) is 4.65. The highest BCUT2D eigenvalue weighted by Gasteiger charge is 2.25. The molecule has 1 N–H and O–H groups in total. The van der Waals surface area contributed by atoms with Gasteiger partial charge in [-0.25, -0.2) is 0 Å². The number of thiophene rings is 1. The summed E-state index contributed by atoms with van der Waals surface area (Å²) in [4.78, 5) is 16.5. The summed E-state index contributed by atoms with van der Waals surface area (Å²) in [6, 6.07) is 0.360. The van der Waals surface area contributed by atoms with Crippen LogP contribution in [0.15, 0.2) is 5.38 Å². The molecule has 1 aliphatic carbocycles. The van der Waals surface area contributed by atoms with E-state index in [1.165, 1.54) is 16.9 Å². The van der Waals surface area contributed by atoms with Gasteiger partial charge in [-0.15, -0.1) is 11.3 Å². The Bertz CT molecular complexity index is 503. The lowest BCUT2D eigenvalue weighted by molar-refractivity contribution is 0.0912. The number of fused-ring (bicyclic) bond motifs is 1. The number of amides is 1. The molecular weight excluding hydrogens is 280 g/mol. The zero-order chi connectivity index (χ0) is 14.8. The molecule has 1 aliphatic heterocycles. The molecule has 0 bridgehead atoms. The zero-order valence-corrected chi connectivity index (χ0v) is 14.0. The van der Waals surface area contributed by atoms with Gasteiger partial charge in [0.05, 0.1) is 5.56 Å². The largest absolute Gasteiger partial charge is 0.349 e. The van der Waals surface area contributed by atoms with Gasteiger partial charge in [0, 0.05) is 29.4 Å². The van der Waals surface area contributed by atoms with Crippen LogP contribution in [0.5, 0.6) is 0 Å². The van der Waals surface area contributed by atoms with Gasteiger partial charge in [-0.3, -0.25) is 4.79 Å². The summed E-state index contributed by atoms with van der Waals surface area (Å²) < 4.78 is 0. The Morgan fingerprint density at radius 1 is 1.38 bits per heavy atom. The van der Waals surface area contributed by atoms with E-state index in [4.69, 9.17) is 0 Å². The molecule has 116 valence electrons. The van der Waals surface area contributed by atoms with Crippen molar-refractivity contribution >= 4 is 17.2 Å². The van der Waals surface area contributed by atoms with Gasteiger partial charge >= 0.3 is 0 Å². The average molecular weight is 306 g/mol. The third-order valence-electron chi connectivity index (χ3n) is 5.02. The third kappa shape index (κ3) is 3.32. The molecule has 0 aromatic carbocycles. The van der Waals surface area contributed by atoms with Gasteiger partial charge in [-0.1, -0.05) is 13.8 Å². The van der Waals surface area contributed by atoms with E-state index in [1.807, 2.05) is 0 Å². The first-order valence-electron chi connectivity index (χ1n) is 8.29. The van der Waals surface area contributed by atoms with E-state index in [1.54, 1.807) is 11.3 Å². The highest BCUT2D eigenvalue weighted by Crippen LogP contribution is 2.32. The molecule has 2 heterocycles. The predicted octanol–water partition coefficient (Wildman–Crippen LogP) is 3.09. The van der Waals surface area contributed by atoms with Crippen LogP contribution in [0.25, 0.3) is 0 Å². The van der Waals surface area contributed by atoms with Crippen LogP contribution in [0.3, 0.4) is 0 Å². The van der Waals surface area contributed by atoms with E-state index < -0.39 is 0 Å². The van der Waals surface area contributed by atoms with Crippen molar-refractivity contribution in [2.45, 2.75) is 52.0 Å². The first-order valence-corrected chi connectivity index (χ1v) is 9.17. The number of hydrogen-bond donors (Lipinski definition) is 1. The van der Waals surface area contributed by atoms with Crippen LogP contribution in [0.2, 0.25) is 0 Å². The Morgan fingerprint density at radius 3 is 2.86 bits per heavy atom. The first kappa shape index (κ1) is 15.0. The van der Waals surface area contributed by atoms with Crippen molar-refractivity contribution in [2.75, 3.05) is 19.6 Å². The van der Waals surface area contributed by atoms with Crippen LogP contribution in [0, 0.1) is 5.92 Å². The van der Waals surface area contributed by atoms with Crippen LogP contribution in [-0.4, -0.2) is 36.5 Å². The molecule has 1 aromatic heterocycles. The van der Waals surface area contributed by atoms with Crippen molar-refractivity contribution in [3.8, 4) is 0 Å². The molecule has 1 aromatic rings. The summed E-state index contributed by atoms with van der Waals surface area (Å²) in [5, 5.41) is 5.35. The van der Waals surface area contributed by atoms with E-state index in [-0.39, 0.29) is 5.91 Å². The van der Waals surface area contributed by atoms with Gasteiger partial charge < -0.3 is 10.2 Å². The van der Waals surface area contributed by atoms with Crippen molar-refractivity contribution in [1.82, 2.24) is 10.2 Å². The van der Waals surface area contributed by atoms with Gasteiger partial charge in [0.2, 0.25) is 0 Å². The SMILES string of the molecule is CCN1CCC(NC(=O)c2csc3c2CC[C@H](C)C3)CC1. The zero-order valence-electron chi connectivity index (χ0n) is 13.2. The highest BCUT2D eigenvalue weighted by atomic mass is 32.1. The van der Waals surface area contributed by atoms with Gasteiger partial charge in [0.1, 0.15) is 0 Å². The molecule has 1 amide bonds. The first-order chi connectivity index (χ1) is 10.2. The van der Waals surface area contributed by atoms with Crippen molar-refractivity contribution in [1.29, 1.82) is 0 Å². The second-order valence-electron chi connectivity index (χ2n) is 6.58. The third-order valence-corrected chi connectivity index (χ3v) is 6.07. The Hall–Kier alpha value is -0.870. The maximum Gasteiger partial charge on any atom is 0.252 e. The smallest absolute Gasteiger partial charge is 0.252 e. The van der Waals surface area contributed by atoms with Crippen LogP contribution in [-0.2, 0) is 12.8 Å². The van der Waals surface area contributed by atoms with Gasteiger partial charge in [-0.05, 0) is 50.1 Å². The lowest BCUT2D eigenvalue weighted by Gasteiger charge is -2.31. The van der Waals surface area contributed by atoms with Gasteiger partial charge in [0.25, 0.3) is 5.91 Å². The molecule has 1 fully saturated rings. The monoisotopic (exact) mass is 306 g/mol. The second-order valence-corrected chi connectivity index (χ2v) is 7.55. The van der Waals surface area contributed by atoms with E-state index in [2.05, 4.69) is 29.4 Å². The summed E-state index contributed by atoms with van der Waals surface area (Å²) in [7, 11) is 0. The second kappa shape index (κ2) is 6.49. The minimum absolute atomic E-state index is 0.164. The molecule has 3 rings (SSSR count). The maximum absolute atomic E-state index is 12.6. The molecule has 1 atom stereocenters. The number of carbonyl (C=O) groups is 1. The fourth-order valence-corrected chi connectivity index (χ4v) is 4.77. The fraction of sp³-hybridized carbons (Fsp3) is 0.706. The van der Waals surface area contributed by atoms with Gasteiger partial charge in [-0.2, -0.15) is 0 Å². The van der Waals surface area contributed by atoms with Crippen LogP contribution < -0.4 is 5.32 Å². The molecule has 2 aliphatic rings. The molecule has 0 radical (unpaired) electrons. The summed E-state index contributed by atoms with van der Waals surface area (Å²) in [5.74, 6) is 0.933. The number of likely N-dealkylation sites (tertiary alicyclic amines) is 1. The standard InChI is InChI=1S/C17H26N2OS/c1-3-19-8-6-13(7-9-19)18-17(20)15-11-21-16-10-12(2)4-5-14(15)16/h11-13H,3-10H2,1-2H3,(H,18,20)/t12-/m0/s1. The van der Waals surface area contributed by atoms with E-state index in [0.29, 0.717) is 6.04 Å². The normalized spacial score (nSPS) is 23.8. The number of piperidine rings is 1. The number of nitrogens with zero attached hydrogens (tertiary/aromatic N) is 1. The minimum Gasteiger partial charge on any atom is -0.349 e. The molecule has 4 heteroatoms. The summed E-state index contributed by atoms with van der Waals surface area (Å²) >= 11 is 1.78. The van der Waals surface area contributed by atoms with Crippen molar-refractivity contribution in [3.63, 3.8) is 0 Å². The highest BCUT2D eigenvalue weighted by molar-refractivity contribution is 7.10. The molecule has 0 saturated carbocycles. The predicted molar refractivity (Wildman–Crippen MR) is 88.1 cm³/mol. The van der Waals surface area contributed by atoms with Crippen LogP contribution in [0.1, 0.15) is 53.9 Å². The van der Waals surface area contributed by atoms with E-state index >= 15 is 0 Å². The number of hydrogen-bond acceptors (Lipinski definition) is 3. The topological polar surface area (TPSA) is 32.3 Å². The molecule has 3 nitrogen and oxygen atoms in total. The summed E-state index contributed by atoms with van der Waals surface area (Å²) in [6.45, 7) is 7.86. The quantitative estimate of drug-likeness (QED) is 0.931. The number of nitrogens with one attached hydrogen (secondary N) is 1. The maximum atomic E-state index is 12.6. The van der Waals surface area contributed by atoms with Crippen LogP contribution in [0.4, 0.5) is 0 Å². The van der Waals surface area contributed by atoms with E-state index in [9.17, 15) is 4.79 Å². The van der Waals surface area contributed by atoms with Gasteiger partial charge in [0.15, 0.2) is 0 Å².